The molecule has 9 heteroatoms. The molecule has 0 saturated carbocycles. The van der Waals surface area contributed by atoms with E-state index in [9.17, 15) is 20.2 Å². The summed E-state index contributed by atoms with van der Waals surface area (Å²) in [6.45, 7) is 0.221. The SMILES string of the molecule is Nc1ccc(COCc2ccc(N)c([N+](=O)[O-])c2)cc1[N+](=O)[O-]. The number of nitro groups is 2. The van der Waals surface area contributed by atoms with Crippen molar-refractivity contribution < 1.29 is 14.6 Å². The van der Waals surface area contributed by atoms with Gasteiger partial charge in [-0.25, -0.2) is 0 Å². The zero-order valence-corrected chi connectivity index (χ0v) is 12.0. The minimum atomic E-state index is -0.567. The first-order chi connectivity index (χ1) is 10.9. The number of ether oxygens (including phenoxy) is 1. The highest BCUT2D eigenvalue weighted by Gasteiger charge is 2.13. The molecule has 0 heterocycles. The van der Waals surface area contributed by atoms with Crippen LogP contribution in [0.5, 0.6) is 0 Å². The third-order valence-corrected chi connectivity index (χ3v) is 3.12. The van der Waals surface area contributed by atoms with Crippen LogP contribution < -0.4 is 11.5 Å². The smallest absolute Gasteiger partial charge is 0.292 e. The van der Waals surface area contributed by atoms with Gasteiger partial charge in [-0.2, -0.15) is 0 Å². The van der Waals surface area contributed by atoms with E-state index in [1.54, 1.807) is 12.1 Å². The fourth-order valence-electron chi connectivity index (χ4n) is 1.96. The van der Waals surface area contributed by atoms with Crippen LogP contribution in [-0.4, -0.2) is 9.85 Å². The van der Waals surface area contributed by atoms with Crippen LogP contribution in [0.1, 0.15) is 11.1 Å². The molecule has 0 unspecified atom stereocenters. The van der Waals surface area contributed by atoms with Crippen LogP contribution in [0.4, 0.5) is 22.7 Å². The highest BCUT2D eigenvalue weighted by atomic mass is 16.6. The van der Waals surface area contributed by atoms with E-state index in [2.05, 4.69) is 0 Å². The molecule has 0 aliphatic carbocycles. The van der Waals surface area contributed by atoms with Gasteiger partial charge in [0.05, 0.1) is 23.1 Å². The Kier molecular flexibility index (Phi) is 4.72. The number of nitrogens with zero attached hydrogens (tertiary/aromatic N) is 2. The Labute approximate surface area is 130 Å². The number of nitro benzene ring substituents is 2. The summed E-state index contributed by atoms with van der Waals surface area (Å²) in [5.41, 5.74) is 12.0. The molecule has 4 N–H and O–H groups in total. The van der Waals surface area contributed by atoms with Crippen molar-refractivity contribution in [2.75, 3.05) is 11.5 Å². The molecule has 2 aromatic carbocycles. The van der Waals surface area contributed by atoms with Crippen molar-refractivity contribution in [3.05, 3.63) is 67.8 Å². The lowest BCUT2D eigenvalue weighted by Gasteiger charge is -2.06. The molecule has 0 bridgehead atoms. The molecule has 2 aromatic rings. The van der Waals surface area contributed by atoms with Crippen molar-refractivity contribution in [3.63, 3.8) is 0 Å². The van der Waals surface area contributed by atoms with E-state index in [-0.39, 0.29) is 36.0 Å². The first kappa shape index (κ1) is 16.2. The Hall–Kier alpha value is -3.20. The Bertz CT molecular complexity index is 699. The van der Waals surface area contributed by atoms with Gasteiger partial charge < -0.3 is 16.2 Å². The molecule has 120 valence electrons. The molecule has 23 heavy (non-hydrogen) atoms. The molecule has 0 spiro atoms. The molecule has 9 nitrogen and oxygen atoms in total. The lowest BCUT2D eigenvalue weighted by Crippen LogP contribution is -2.00. The highest BCUT2D eigenvalue weighted by Crippen LogP contribution is 2.24. The van der Waals surface area contributed by atoms with E-state index in [1.807, 2.05) is 0 Å². The first-order valence-corrected chi connectivity index (χ1v) is 6.52. The van der Waals surface area contributed by atoms with Gasteiger partial charge >= 0.3 is 0 Å². The molecule has 0 atom stereocenters. The Morgan fingerprint density at radius 1 is 0.826 bits per heavy atom. The van der Waals surface area contributed by atoms with Gasteiger partial charge in [0, 0.05) is 12.1 Å². The quantitative estimate of drug-likeness (QED) is 0.472. The molecule has 0 amide bonds. The molecule has 0 fully saturated rings. The van der Waals surface area contributed by atoms with Crippen LogP contribution in [-0.2, 0) is 18.0 Å². The van der Waals surface area contributed by atoms with Gasteiger partial charge in [0.15, 0.2) is 0 Å². The summed E-state index contributed by atoms with van der Waals surface area (Å²) in [5.74, 6) is 0. The standard InChI is InChI=1S/C14H14N4O5/c15-11-3-1-9(5-13(11)17(19)20)7-23-8-10-2-4-12(16)14(6-10)18(21)22/h1-6H,7-8,15-16H2. The summed E-state index contributed by atoms with van der Waals surface area (Å²) < 4.78 is 5.43. The molecular weight excluding hydrogens is 304 g/mol. The topological polar surface area (TPSA) is 148 Å². The van der Waals surface area contributed by atoms with E-state index in [0.29, 0.717) is 11.1 Å². The second-order valence-electron chi connectivity index (χ2n) is 4.79. The van der Waals surface area contributed by atoms with E-state index in [1.165, 1.54) is 24.3 Å². The van der Waals surface area contributed by atoms with E-state index < -0.39 is 9.85 Å². The van der Waals surface area contributed by atoms with Crippen molar-refractivity contribution in [1.29, 1.82) is 0 Å². The number of benzene rings is 2. The fraction of sp³-hybridized carbons (Fsp3) is 0.143. The third kappa shape index (κ3) is 3.92. The van der Waals surface area contributed by atoms with Crippen molar-refractivity contribution in [2.24, 2.45) is 0 Å². The summed E-state index contributed by atoms with van der Waals surface area (Å²) in [4.78, 5) is 20.5. The Balaban J connectivity index is 2.03. The molecule has 0 aliphatic rings. The van der Waals surface area contributed by atoms with Gasteiger partial charge in [-0.3, -0.25) is 20.2 Å². The summed E-state index contributed by atoms with van der Waals surface area (Å²) in [5, 5.41) is 21.6. The van der Waals surface area contributed by atoms with Crippen LogP contribution in [0, 0.1) is 20.2 Å². The molecule has 0 saturated heterocycles. The van der Waals surface area contributed by atoms with Crippen molar-refractivity contribution in [1.82, 2.24) is 0 Å². The summed E-state index contributed by atoms with van der Waals surface area (Å²) in [6, 6.07) is 8.78. The molecule has 0 radical (unpaired) electrons. The number of hydrogen-bond donors (Lipinski definition) is 2. The van der Waals surface area contributed by atoms with Crippen LogP contribution in [0.25, 0.3) is 0 Å². The minimum Gasteiger partial charge on any atom is -0.393 e. The van der Waals surface area contributed by atoms with E-state index in [4.69, 9.17) is 16.2 Å². The monoisotopic (exact) mass is 318 g/mol. The van der Waals surface area contributed by atoms with Gasteiger partial charge in [-0.15, -0.1) is 0 Å². The van der Waals surface area contributed by atoms with E-state index in [0.717, 1.165) is 0 Å². The van der Waals surface area contributed by atoms with Crippen molar-refractivity contribution in [3.8, 4) is 0 Å². The highest BCUT2D eigenvalue weighted by molar-refractivity contribution is 5.59. The van der Waals surface area contributed by atoms with Gasteiger partial charge in [0.25, 0.3) is 11.4 Å². The van der Waals surface area contributed by atoms with Crippen LogP contribution >= 0.6 is 0 Å². The lowest BCUT2D eigenvalue weighted by molar-refractivity contribution is -0.384. The zero-order valence-electron chi connectivity index (χ0n) is 12.0. The van der Waals surface area contributed by atoms with Gasteiger partial charge in [-0.05, 0) is 23.3 Å². The summed E-state index contributed by atoms with van der Waals surface area (Å²) >= 11 is 0. The normalized spacial score (nSPS) is 10.4. The van der Waals surface area contributed by atoms with Crippen LogP contribution in [0.15, 0.2) is 36.4 Å². The number of anilines is 2. The molecule has 0 aromatic heterocycles. The third-order valence-electron chi connectivity index (χ3n) is 3.12. The second-order valence-corrected chi connectivity index (χ2v) is 4.79. The number of rotatable bonds is 6. The van der Waals surface area contributed by atoms with Crippen LogP contribution in [0.2, 0.25) is 0 Å². The maximum absolute atomic E-state index is 10.8. The molecule has 2 rings (SSSR count). The Morgan fingerprint density at radius 3 is 1.57 bits per heavy atom. The second kappa shape index (κ2) is 6.71. The van der Waals surface area contributed by atoms with E-state index >= 15 is 0 Å². The maximum atomic E-state index is 10.8. The van der Waals surface area contributed by atoms with Gasteiger partial charge in [0.1, 0.15) is 11.4 Å². The van der Waals surface area contributed by atoms with Gasteiger partial charge in [-0.1, -0.05) is 12.1 Å². The van der Waals surface area contributed by atoms with Gasteiger partial charge in [0.2, 0.25) is 0 Å². The molecular formula is C14H14N4O5. The average molecular weight is 318 g/mol. The van der Waals surface area contributed by atoms with Crippen LogP contribution in [0.3, 0.4) is 0 Å². The predicted molar refractivity (Wildman–Crippen MR) is 83.5 cm³/mol. The number of nitrogens with two attached hydrogens (primary N) is 2. The summed E-state index contributed by atoms with van der Waals surface area (Å²) in [6.07, 6.45) is 0. The number of hydrogen-bond acceptors (Lipinski definition) is 7. The maximum Gasteiger partial charge on any atom is 0.292 e. The largest absolute Gasteiger partial charge is 0.393 e. The zero-order chi connectivity index (χ0) is 17.0. The summed E-state index contributed by atoms with van der Waals surface area (Å²) in [7, 11) is 0. The predicted octanol–water partition coefficient (Wildman–Crippen LogP) is 2.38. The number of nitrogen functional groups attached to an aromatic ring is 2. The minimum absolute atomic E-state index is 0.0768. The average Bonchev–Trinajstić information content (AvgIpc) is 2.50. The lowest BCUT2D eigenvalue weighted by atomic mass is 10.1. The van der Waals surface area contributed by atoms with Crippen molar-refractivity contribution >= 4 is 22.7 Å². The molecule has 0 aliphatic heterocycles. The van der Waals surface area contributed by atoms with Crippen molar-refractivity contribution in [2.45, 2.75) is 13.2 Å². The Morgan fingerprint density at radius 2 is 1.22 bits per heavy atom. The fourth-order valence-corrected chi connectivity index (χ4v) is 1.96. The first-order valence-electron chi connectivity index (χ1n) is 6.52.